The minimum absolute atomic E-state index is 0.513. The summed E-state index contributed by atoms with van der Waals surface area (Å²) in [6.07, 6.45) is 4.85. The first kappa shape index (κ1) is 8.06. The molecular formula is C9H18O. The maximum absolute atomic E-state index is 5.71. The van der Waals surface area contributed by atoms with E-state index in [0.717, 1.165) is 5.92 Å². The van der Waals surface area contributed by atoms with Gasteiger partial charge in [0.1, 0.15) is 0 Å². The van der Waals surface area contributed by atoms with Gasteiger partial charge in [-0.15, -0.1) is 0 Å². The summed E-state index contributed by atoms with van der Waals surface area (Å²) in [6.45, 7) is 6.68. The summed E-state index contributed by atoms with van der Waals surface area (Å²) in [5, 5.41) is 0. The lowest BCUT2D eigenvalue weighted by atomic mass is 9.99. The van der Waals surface area contributed by atoms with E-state index < -0.39 is 0 Å². The third-order valence-electron chi connectivity index (χ3n) is 2.54. The molecule has 10 heavy (non-hydrogen) atoms. The van der Waals surface area contributed by atoms with Gasteiger partial charge in [0.15, 0.2) is 0 Å². The first-order valence-electron chi connectivity index (χ1n) is 4.39. The fourth-order valence-electron chi connectivity index (χ4n) is 1.51. The Morgan fingerprint density at radius 1 is 1.50 bits per heavy atom. The topological polar surface area (TPSA) is 9.23 Å². The second-order valence-electron chi connectivity index (χ2n) is 3.45. The van der Waals surface area contributed by atoms with Gasteiger partial charge in [-0.3, -0.25) is 0 Å². The van der Waals surface area contributed by atoms with E-state index >= 15 is 0 Å². The van der Waals surface area contributed by atoms with Gasteiger partial charge in [0, 0.05) is 0 Å². The van der Waals surface area contributed by atoms with Crippen LogP contribution in [0, 0.1) is 5.92 Å². The minimum atomic E-state index is 0.513. The lowest BCUT2D eigenvalue weighted by Gasteiger charge is -2.17. The molecule has 0 radical (unpaired) electrons. The average molecular weight is 142 g/mol. The van der Waals surface area contributed by atoms with E-state index in [4.69, 9.17) is 4.74 Å². The SMILES string of the molecule is CCC(C)C1CCC(C)O1. The van der Waals surface area contributed by atoms with Gasteiger partial charge >= 0.3 is 0 Å². The van der Waals surface area contributed by atoms with E-state index in [1.54, 1.807) is 0 Å². The van der Waals surface area contributed by atoms with Crippen LogP contribution in [-0.4, -0.2) is 12.2 Å². The quantitative estimate of drug-likeness (QED) is 0.576. The molecule has 0 aromatic heterocycles. The van der Waals surface area contributed by atoms with Crippen molar-refractivity contribution in [2.75, 3.05) is 0 Å². The van der Waals surface area contributed by atoms with Crippen molar-refractivity contribution in [3.05, 3.63) is 0 Å². The van der Waals surface area contributed by atoms with Crippen molar-refractivity contribution in [2.24, 2.45) is 5.92 Å². The van der Waals surface area contributed by atoms with E-state index in [0.29, 0.717) is 12.2 Å². The predicted octanol–water partition coefficient (Wildman–Crippen LogP) is 2.60. The highest BCUT2D eigenvalue weighted by Crippen LogP contribution is 2.26. The van der Waals surface area contributed by atoms with Gasteiger partial charge in [0.05, 0.1) is 12.2 Å². The Bertz CT molecular complexity index is 101. The first-order chi connectivity index (χ1) is 4.74. The maximum atomic E-state index is 5.71. The van der Waals surface area contributed by atoms with Crippen LogP contribution in [0.2, 0.25) is 0 Å². The summed E-state index contributed by atoms with van der Waals surface area (Å²) in [5.74, 6) is 0.755. The molecule has 3 unspecified atom stereocenters. The van der Waals surface area contributed by atoms with Crippen molar-refractivity contribution in [2.45, 2.75) is 52.2 Å². The van der Waals surface area contributed by atoms with Crippen molar-refractivity contribution in [3.63, 3.8) is 0 Å². The van der Waals surface area contributed by atoms with E-state index in [-0.39, 0.29) is 0 Å². The van der Waals surface area contributed by atoms with Gasteiger partial charge in [0.2, 0.25) is 0 Å². The maximum Gasteiger partial charge on any atom is 0.0605 e. The zero-order chi connectivity index (χ0) is 7.56. The molecule has 60 valence electrons. The zero-order valence-corrected chi connectivity index (χ0v) is 7.26. The lowest BCUT2D eigenvalue weighted by Crippen LogP contribution is -2.16. The van der Waals surface area contributed by atoms with Gasteiger partial charge in [-0.1, -0.05) is 20.3 Å². The van der Waals surface area contributed by atoms with Gasteiger partial charge in [-0.05, 0) is 25.7 Å². The summed E-state index contributed by atoms with van der Waals surface area (Å²) in [4.78, 5) is 0. The highest BCUT2D eigenvalue weighted by molar-refractivity contribution is 4.74. The molecule has 0 aromatic carbocycles. The van der Waals surface area contributed by atoms with E-state index in [1.807, 2.05) is 0 Å². The molecule has 0 N–H and O–H groups in total. The fraction of sp³-hybridized carbons (Fsp3) is 1.00. The lowest BCUT2D eigenvalue weighted by molar-refractivity contribution is 0.0232. The van der Waals surface area contributed by atoms with Crippen molar-refractivity contribution in [1.29, 1.82) is 0 Å². The third-order valence-corrected chi connectivity index (χ3v) is 2.54. The van der Waals surface area contributed by atoms with Crippen LogP contribution in [0.1, 0.15) is 40.0 Å². The Morgan fingerprint density at radius 2 is 2.20 bits per heavy atom. The number of rotatable bonds is 2. The molecule has 3 atom stereocenters. The van der Waals surface area contributed by atoms with Crippen molar-refractivity contribution in [1.82, 2.24) is 0 Å². The molecule has 0 saturated carbocycles. The van der Waals surface area contributed by atoms with Crippen LogP contribution < -0.4 is 0 Å². The largest absolute Gasteiger partial charge is 0.375 e. The van der Waals surface area contributed by atoms with Crippen LogP contribution in [0.5, 0.6) is 0 Å². The van der Waals surface area contributed by atoms with Crippen LogP contribution in [0.3, 0.4) is 0 Å². The number of hydrogen-bond donors (Lipinski definition) is 0. The first-order valence-corrected chi connectivity index (χ1v) is 4.39. The molecule has 1 heteroatoms. The second-order valence-corrected chi connectivity index (χ2v) is 3.45. The van der Waals surface area contributed by atoms with E-state index in [2.05, 4.69) is 20.8 Å². The molecule has 1 saturated heterocycles. The van der Waals surface area contributed by atoms with Crippen molar-refractivity contribution >= 4 is 0 Å². The summed E-state index contributed by atoms with van der Waals surface area (Å²) in [7, 11) is 0. The summed E-state index contributed by atoms with van der Waals surface area (Å²) < 4.78 is 5.71. The monoisotopic (exact) mass is 142 g/mol. The number of hydrogen-bond acceptors (Lipinski definition) is 1. The Hall–Kier alpha value is -0.0400. The highest BCUT2D eigenvalue weighted by Gasteiger charge is 2.25. The molecule has 1 aliphatic rings. The number of ether oxygens (including phenoxy) is 1. The molecule has 0 amide bonds. The third kappa shape index (κ3) is 1.72. The molecule has 0 spiro atoms. The molecule has 1 nitrogen and oxygen atoms in total. The normalized spacial score (nSPS) is 36.3. The second kappa shape index (κ2) is 3.38. The highest BCUT2D eigenvalue weighted by atomic mass is 16.5. The van der Waals surface area contributed by atoms with E-state index in [9.17, 15) is 0 Å². The summed E-state index contributed by atoms with van der Waals surface area (Å²) in [6, 6.07) is 0. The van der Waals surface area contributed by atoms with Crippen LogP contribution in [0.15, 0.2) is 0 Å². The zero-order valence-electron chi connectivity index (χ0n) is 7.26. The van der Waals surface area contributed by atoms with Crippen LogP contribution >= 0.6 is 0 Å². The smallest absolute Gasteiger partial charge is 0.0605 e. The van der Waals surface area contributed by atoms with Crippen molar-refractivity contribution < 1.29 is 4.74 Å². The molecule has 1 rings (SSSR count). The molecule has 1 fully saturated rings. The fourth-order valence-corrected chi connectivity index (χ4v) is 1.51. The molecule has 0 aromatic rings. The Balaban J connectivity index is 2.29. The van der Waals surface area contributed by atoms with Crippen LogP contribution in [0.4, 0.5) is 0 Å². The van der Waals surface area contributed by atoms with Gasteiger partial charge in [-0.25, -0.2) is 0 Å². The average Bonchev–Trinajstić information content (AvgIpc) is 2.34. The van der Waals surface area contributed by atoms with Crippen LogP contribution in [0.25, 0.3) is 0 Å². The van der Waals surface area contributed by atoms with Gasteiger partial charge in [-0.2, -0.15) is 0 Å². The predicted molar refractivity (Wildman–Crippen MR) is 43.0 cm³/mol. The summed E-state index contributed by atoms with van der Waals surface area (Å²) in [5.41, 5.74) is 0. The molecular weight excluding hydrogens is 124 g/mol. The standard InChI is InChI=1S/C9H18O/c1-4-7(2)9-6-5-8(3)10-9/h7-9H,4-6H2,1-3H3. The van der Waals surface area contributed by atoms with Crippen LogP contribution in [-0.2, 0) is 4.74 Å². The van der Waals surface area contributed by atoms with Gasteiger partial charge in [0.25, 0.3) is 0 Å². The Labute approximate surface area is 63.8 Å². The van der Waals surface area contributed by atoms with Crippen molar-refractivity contribution in [3.8, 4) is 0 Å². The Kier molecular flexibility index (Phi) is 2.72. The summed E-state index contributed by atoms with van der Waals surface area (Å²) >= 11 is 0. The van der Waals surface area contributed by atoms with Gasteiger partial charge < -0.3 is 4.74 Å². The molecule has 1 aliphatic heterocycles. The van der Waals surface area contributed by atoms with E-state index in [1.165, 1.54) is 19.3 Å². The molecule has 0 aliphatic carbocycles. The minimum Gasteiger partial charge on any atom is -0.375 e. The Morgan fingerprint density at radius 3 is 2.60 bits per heavy atom. The molecule has 0 bridgehead atoms. The molecule has 1 heterocycles.